The van der Waals surface area contributed by atoms with Crippen LogP contribution in [0.3, 0.4) is 0 Å². The number of aryl methyl sites for hydroxylation is 1. The molecule has 2 aromatic heterocycles. The van der Waals surface area contributed by atoms with Crippen molar-refractivity contribution in [2.45, 2.75) is 13.5 Å². The highest BCUT2D eigenvalue weighted by atomic mass is 35.5. The molecule has 0 unspecified atom stereocenters. The van der Waals surface area contributed by atoms with Crippen molar-refractivity contribution in [2.75, 3.05) is 0 Å². The van der Waals surface area contributed by atoms with E-state index in [0.29, 0.717) is 22.9 Å². The van der Waals surface area contributed by atoms with Gasteiger partial charge in [0, 0.05) is 27.7 Å². The Balaban J connectivity index is 1.97. The summed E-state index contributed by atoms with van der Waals surface area (Å²) in [4.78, 5) is 11.0. The minimum Gasteiger partial charge on any atom is -0.475 e. The van der Waals surface area contributed by atoms with Gasteiger partial charge in [0.25, 0.3) is 0 Å². The lowest BCUT2D eigenvalue weighted by atomic mass is 10.2. The monoisotopic (exact) mass is 289 g/mol. The van der Waals surface area contributed by atoms with Crippen molar-refractivity contribution in [2.24, 2.45) is 0 Å². The molecular formula is C15H12ClNO3. The van der Waals surface area contributed by atoms with E-state index < -0.39 is 5.97 Å². The first-order chi connectivity index (χ1) is 9.54. The largest absolute Gasteiger partial charge is 0.475 e. The quantitative estimate of drug-likeness (QED) is 0.794. The van der Waals surface area contributed by atoms with Crippen LogP contribution in [-0.2, 0) is 6.54 Å². The second kappa shape index (κ2) is 4.72. The van der Waals surface area contributed by atoms with Crippen LogP contribution in [0.25, 0.3) is 10.9 Å². The number of carboxylic acids is 1. The van der Waals surface area contributed by atoms with Crippen molar-refractivity contribution >= 4 is 28.5 Å². The molecule has 3 rings (SSSR count). The van der Waals surface area contributed by atoms with Crippen LogP contribution in [0, 0.1) is 6.92 Å². The zero-order chi connectivity index (χ0) is 14.3. The summed E-state index contributed by atoms with van der Waals surface area (Å²) in [5.41, 5.74) is 1.66. The molecule has 0 saturated carbocycles. The summed E-state index contributed by atoms with van der Waals surface area (Å²) in [6, 6.07) is 9.38. The minimum atomic E-state index is -1.04. The van der Waals surface area contributed by atoms with E-state index in [1.54, 1.807) is 13.0 Å². The Morgan fingerprint density at radius 2 is 2.15 bits per heavy atom. The summed E-state index contributed by atoms with van der Waals surface area (Å²) in [6.07, 6.45) is 1.93. The van der Waals surface area contributed by atoms with Gasteiger partial charge in [-0.1, -0.05) is 11.6 Å². The van der Waals surface area contributed by atoms with Crippen molar-refractivity contribution < 1.29 is 14.3 Å². The summed E-state index contributed by atoms with van der Waals surface area (Å²) in [6.45, 7) is 2.21. The van der Waals surface area contributed by atoms with E-state index in [0.717, 1.165) is 10.9 Å². The Bertz CT molecular complexity index is 801. The van der Waals surface area contributed by atoms with Gasteiger partial charge in [-0.2, -0.15) is 0 Å². The molecule has 0 spiro atoms. The number of nitrogens with zero attached hydrogens (tertiary/aromatic N) is 1. The molecule has 0 aliphatic heterocycles. The first-order valence-electron chi connectivity index (χ1n) is 6.11. The topological polar surface area (TPSA) is 55.4 Å². The average molecular weight is 290 g/mol. The molecular weight excluding hydrogens is 278 g/mol. The molecule has 5 heteroatoms. The van der Waals surface area contributed by atoms with Gasteiger partial charge in [0.05, 0.1) is 6.54 Å². The molecule has 0 aliphatic carbocycles. The molecule has 4 nitrogen and oxygen atoms in total. The van der Waals surface area contributed by atoms with Gasteiger partial charge in [0.1, 0.15) is 5.76 Å². The lowest BCUT2D eigenvalue weighted by Crippen LogP contribution is -1.97. The van der Waals surface area contributed by atoms with Crippen LogP contribution in [0.2, 0.25) is 5.02 Å². The molecule has 0 atom stereocenters. The third-order valence-corrected chi connectivity index (χ3v) is 3.46. The van der Waals surface area contributed by atoms with Gasteiger partial charge in [0.15, 0.2) is 0 Å². The predicted molar refractivity (Wildman–Crippen MR) is 76.5 cm³/mol. The fourth-order valence-corrected chi connectivity index (χ4v) is 2.50. The summed E-state index contributed by atoms with van der Waals surface area (Å²) in [7, 11) is 0. The number of aromatic carboxylic acids is 1. The van der Waals surface area contributed by atoms with E-state index in [9.17, 15) is 4.79 Å². The van der Waals surface area contributed by atoms with Crippen LogP contribution >= 0.6 is 11.6 Å². The van der Waals surface area contributed by atoms with Crippen molar-refractivity contribution in [1.82, 2.24) is 4.57 Å². The van der Waals surface area contributed by atoms with E-state index in [1.807, 2.05) is 35.0 Å². The maximum atomic E-state index is 11.0. The van der Waals surface area contributed by atoms with Gasteiger partial charge in [-0.25, -0.2) is 4.79 Å². The molecule has 0 aliphatic rings. The van der Waals surface area contributed by atoms with E-state index >= 15 is 0 Å². The molecule has 2 heterocycles. The van der Waals surface area contributed by atoms with E-state index in [2.05, 4.69) is 0 Å². The summed E-state index contributed by atoms with van der Waals surface area (Å²) >= 11 is 5.95. The molecule has 0 saturated heterocycles. The number of carboxylic acid groups (broad SMARTS) is 1. The SMILES string of the molecule is Cc1cc(Cn2ccc3cc(Cl)ccc32)oc1C(=O)O. The molecule has 102 valence electrons. The van der Waals surface area contributed by atoms with E-state index in [1.165, 1.54) is 0 Å². The number of furan rings is 1. The zero-order valence-electron chi connectivity index (χ0n) is 10.8. The predicted octanol–water partition coefficient (Wildman–Crippen LogP) is 3.94. The molecule has 1 N–H and O–H groups in total. The number of hydrogen-bond acceptors (Lipinski definition) is 2. The number of halogens is 1. The number of benzene rings is 1. The van der Waals surface area contributed by atoms with Gasteiger partial charge in [-0.3, -0.25) is 0 Å². The second-order valence-corrected chi connectivity index (χ2v) is 5.11. The first kappa shape index (κ1) is 12.8. The number of fused-ring (bicyclic) bond motifs is 1. The van der Waals surface area contributed by atoms with Crippen LogP contribution in [-0.4, -0.2) is 15.6 Å². The third kappa shape index (κ3) is 2.18. The number of carbonyl (C=O) groups is 1. The average Bonchev–Trinajstić information content (AvgIpc) is 2.94. The highest BCUT2D eigenvalue weighted by molar-refractivity contribution is 6.31. The fraction of sp³-hybridized carbons (Fsp3) is 0.133. The van der Waals surface area contributed by atoms with Gasteiger partial charge in [-0.15, -0.1) is 0 Å². The van der Waals surface area contributed by atoms with E-state index in [-0.39, 0.29) is 5.76 Å². The lowest BCUT2D eigenvalue weighted by molar-refractivity contribution is 0.0659. The van der Waals surface area contributed by atoms with E-state index in [4.69, 9.17) is 21.1 Å². The number of hydrogen-bond donors (Lipinski definition) is 1. The van der Waals surface area contributed by atoms with Crippen molar-refractivity contribution in [1.29, 1.82) is 0 Å². The third-order valence-electron chi connectivity index (χ3n) is 3.22. The first-order valence-corrected chi connectivity index (χ1v) is 6.49. The molecule has 20 heavy (non-hydrogen) atoms. The Hall–Kier alpha value is -2.20. The normalized spacial score (nSPS) is 11.1. The fourth-order valence-electron chi connectivity index (χ4n) is 2.32. The van der Waals surface area contributed by atoms with Crippen LogP contribution in [0.4, 0.5) is 0 Å². The molecule has 1 aromatic carbocycles. The standard InChI is InChI=1S/C15H12ClNO3/c1-9-6-12(20-14(9)15(18)19)8-17-5-4-10-7-11(16)2-3-13(10)17/h2-7H,8H2,1H3,(H,18,19). The van der Waals surface area contributed by atoms with Gasteiger partial charge < -0.3 is 14.1 Å². The van der Waals surface area contributed by atoms with Crippen molar-refractivity contribution in [3.05, 3.63) is 58.6 Å². The number of aromatic nitrogens is 1. The Labute approximate surface area is 120 Å². The summed E-state index contributed by atoms with van der Waals surface area (Å²) in [5.74, 6) is -0.426. The number of rotatable bonds is 3. The molecule has 0 bridgehead atoms. The minimum absolute atomic E-state index is 0.000457. The van der Waals surface area contributed by atoms with Crippen LogP contribution in [0.15, 0.2) is 40.9 Å². The summed E-state index contributed by atoms with van der Waals surface area (Å²) in [5, 5.41) is 10.7. The van der Waals surface area contributed by atoms with Gasteiger partial charge in [-0.05, 0) is 37.3 Å². The maximum absolute atomic E-state index is 11.0. The van der Waals surface area contributed by atoms with Crippen LogP contribution in [0.1, 0.15) is 21.9 Å². The van der Waals surface area contributed by atoms with Gasteiger partial charge in [0.2, 0.25) is 5.76 Å². The lowest BCUT2D eigenvalue weighted by Gasteiger charge is -2.02. The highest BCUT2D eigenvalue weighted by Gasteiger charge is 2.14. The molecule has 0 radical (unpaired) electrons. The Morgan fingerprint density at radius 3 is 2.85 bits per heavy atom. The maximum Gasteiger partial charge on any atom is 0.372 e. The Kier molecular flexibility index (Phi) is 3.03. The van der Waals surface area contributed by atoms with Crippen LogP contribution < -0.4 is 0 Å². The summed E-state index contributed by atoms with van der Waals surface area (Å²) < 4.78 is 7.37. The Morgan fingerprint density at radius 1 is 1.35 bits per heavy atom. The van der Waals surface area contributed by atoms with Crippen molar-refractivity contribution in [3.8, 4) is 0 Å². The van der Waals surface area contributed by atoms with Crippen LogP contribution in [0.5, 0.6) is 0 Å². The zero-order valence-corrected chi connectivity index (χ0v) is 11.5. The van der Waals surface area contributed by atoms with Gasteiger partial charge >= 0.3 is 5.97 Å². The van der Waals surface area contributed by atoms with Crippen molar-refractivity contribution in [3.63, 3.8) is 0 Å². The second-order valence-electron chi connectivity index (χ2n) is 4.68. The molecule has 0 fully saturated rings. The molecule has 0 amide bonds. The smallest absolute Gasteiger partial charge is 0.372 e. The molecule has 3 aromatic rings. The highest BCUT2D eigenvalue weighted by Crippen LogP contribution is 2.22.